The van der Waals surface area contributed by atoms with Crippen molar-refractivity contribution < 1.29 is 17.9 Å². The van der Waals surface area contributed by atoms with Gasteiger partial charge in [-0.05, 0) is 50.5 Å². The monoisotopic (exact) mass is 460 g/mol. The molecule has 1 unspecified atom stereocenters. The maximum atomic E-state index is 12.7. The number of carbonyl (C=O) groups excluding carboxylic acids is 1. The van der Waals surface area contributed by atoms with Crippen molar-refractivity contribution in [1.82, 2.24) is 15.0 Å². The van der Waals surface area contributed by atoms with Gasteiger partial charge < -0.3 is 15.0 Å². The van der Waals surface area contributed by atoms with Crippen molar-refractivity contribution in [2.45, 2.75) is 51.7 Å². The van der Waals surface area contributed by atoms with Crippen molar-refractivity contribution in [2.24, 2.45) is 0 Å². The lowest BCUT2D eigenvalue weighted by atomic mass is 10.1. The zero-order chi connectivity index (χ0) is 23.3. The molecular formula is C23H32N4O4S. The summed E-state index contributed by atoms with van der Waals surface area (Å²) >= 11 is 0. The number of hydrogen-bond acceptors (Lipinski definition) is 6. The Kier molecular flexibility index (Phi) is 7.86. The first-order valence-corrected chi connectivity index (χ1v) is 12.3. The molecule has 1 saturated heterocycles. The molecule has 1 atom stereocenters. The highest BCUT2D eigenvalue weighted by Crippen LogP contribution is 2.21. The lowest BCUT2D eigenvalue weighted by molar-refractivity contribution is -0.121. The highest BCUT2D eigenvalue weighted by Gasteiger charge is 2.20. The Labute approximate surface area is 190 Å². The number of anilines is 1. The quantitative estimate of drug-likeness (QED) is 0.627. The molecule has 0 radical (unpaired) electrons. The van der Waals surface area contributed by atoms with Gasteiger partial charge in [0.15, 0.2) is 0 Å². The number of rotatable bonds is 8. The van der Waals surface area contributed by atoms with Gasteiger partial charge in [0.1, 0.15) is 5.82 Å². The molecule has 2 heterocycles. The van der Waals surface area contributed by atoms with E-state index in [2.05, 4.69) is 19.9 Å². The summed E-state index contributed by atoms with van der Waals surface area (Å²) in [5.41, 5.74) is 3.29. The molecule has 0 spiro atoms. The van der Waals surface area contributed by atoms with Crippen LogP contribution in [-0.2, 0) is 26.1 Å². The van der Waals surface area contributed by atoms with Gasteiger partial charge in [0.05, 0.1) is 17.6 Å². The van der Waals surface area contributed by atoms with E-state index in [-0.39, 0.29) is 29.9 Å². The Balaban J connectivity index is 1.46. The van der Waals surface area contributed by atoms with Crippen LogP contribution in [-0.4, -0.2) is 51.7 Å². The summed E-state index contributed by atoms with van der Waals surface area (Å²) < 4.78 is 33.4. The molecule has 1 aromatic heterocycles. The second-order valence-electron chi connectivity index (χ2n) is 8.30. The number of hydrogen-bond donors (Lipinski definition) is 2. The minimum Gasteiger partial charge on any atom is -0.375 e. The molecule has 0 bridgehead atoms. The molecule has 2 aromatic rings. The lowest BCUT2D eigenvalue weighted by Crippen LogP contribution is -2.41. The second kappa shape index (κ2) is 10.4. The zero-order valence-corrected chi connectivity index (χ0v) is 20.0. The van der Waals surface area contributed by atoms with Crippen LogP contribution < -0.4 is 14.9 Å². The number of nitrogens with one attached hydrogen (secondary N) is 2. The molecule has 1 fully saturated rings. The van der Waals surface area contributed by atoms with E-state index in [4.69, 9.17) is 4.74 Å². The van der Waals surface area contributed by atoms with Crippen LogP contribution in [0, 0.1) is 20.8 Å². The molecule has 1 amide bonds. The van der Waals surface area contributed by atoms with Crippen LogP contribution in [0.4, 0.5) is 5.82 Å². The number of carbonyl (C=O) groups is 1. The molecule has 0 aliphatic carbocycles. The maximum absolute atomic E-state index is 12.7. The maximum Gasteiger partial charge on any atom is 0.241 e. The minimum absolute atomic E-state index is 0.0350. The molecule has 0 saturated carbocycles. The molecule has 8 nitrogen and oxygen atoms in total. The number of sulfonamides is 1. The molecule has 174 valence electrons. The standard InChI is InChI=1S/C23H32N4O4S/c1-16-11-17(2)23(18(3)12-16)32(29,30)26-8-7-22(28)25-14-20-5-6-21(24-13-20)27-9-10-31-19(4)15-27/h5-6,11-13,19,26H,7-10,14-15H2,1-4H3,(H,25,28). The second-order valence-corrected chi connectivity index (χ2v) is 10.0. The fraction of sp³-hybridized carbons (Fsp3) is 0.478. The topological polar surface area (TPSA) is 101 Å². The number of nitrogens with zero attached hydrogens (tertiary/aromatic N) is 2. The average molecular weight is 461 g/mol. The Morgan fingerprint density at radius 1 is 1.22 bits per heavy atom. The van der Waals surface area contributed by atoms with E-state index >= 15 is 0 Å². The normalized spacial score (nSPS) is 16.8. The average Bonchev–Trinajstić information content (AvgIpc) is 2.71. The summed E-state index contributed by atoms with van der Waals surface area (Å²) in [4.78, 5) is 19.1. The third-order valence-corrected chi connectivity index (χ3v) is 7.15. The lowest BCUT2D eigenvalue weighted by Gasteiger charge is -2.32. The van der Waals surface area contributed by atoms with E-state index in [0.717, 1.165) is 30.0 Å². The van der Waals surface area contributed by atoms with Crippen molar-refractivity contribution in [3.8, 4) is 0 Å². The van der Waals surface area contributed by atoms with Gasteiger partial charge in [-0.3, -0.25) is 4.79 Å². The van der Waals surface area contributed by atoms with Crippen LogP contribution in [0.2, 0.25) is 0 Å². The fourth-order valence-electron chi connectivity index (χ4n) is 3.99. The summed E-state index contributed by atoms with van der Waals surface area (Å²) in [6.07, 6.45) is 1.99. The fourth-order valence-corrected chi connectivity index (χ4v) is 5.47. The van der Waals surface area contributed by atoms with Crippen LogP contribution in [0.3, 0.4) is 0 Å². The third kappa shape index (κ3) is 6.27. The highest BCUT2D eigenvalue weighted by molar-refractivity contribution is 7.89. The number of aromatic nitrogens is 1. The van der Waals surface area contributed by atoms with Gasteiger partial charge >= 0.3 is 0 Å². The molecule has 3 rings (SSSR count). The van der Waals surface area contributed by atoms with Crippen LogP contribution in [0.25, 0.3) is 0 Å². The Morgan fingerprint density at radius 3 is 2.56 bits per heavy atom. The summed E-state index contributed by atoms with van der Waals surface area (Å²) in [6.45, 7) is 10.2. The van der Waals surface area contributed by atoms with Gasteiger partial charge in [-0.15, -0.1) is 0 Å². The van der Waals surface area contributed by atoms with E-state index in [1.165, 1.54) is 0 Å². The first-order valence-electron chi connectivity index (χ1n) is 10.8. The van der Waals surface area contributed by atoms with Gasteiger partial charge in [-0.2, -0.15) is 0 Å². The first kappa shape index (κ1) is 24.2. The number of pyridine rings is 1. The van der Waals surface area contributed by atoms with E-state index in [1.54, 1.807) is 20.0 Å². The summed E-state index contributed by atoms with van der Waals surface area (Å²) in [5.74, 6) is 0.669. The Bertz CT molecular complexity index is 1030. The molecule has 1 aliphatic rings. The molecule has 1 aromatic carbocycles. The smallest absolute Gasteiger partial charge is 0.241 e. The number of benzene rings is 1. The van der Waals surface area contributed by atoms with Gasteiger partial charge in [0, 0.05) is 38.8 Å². The van der Waals surface area contributed by atoms with Crippen LogP contribution in [0.15, 0.2) is 35.4 Å². The van der Waals surface area contributed by atoms with Crippen molar-refractivity contribution in [2.75, 3.05) is 31.1 Å². The van der Waals surface area contributed by atoms with E-state index < -0.39 is 10.0 Å². The van der Waals surface area contributed by atoms with E-state index in [0.29, 0.717) is 24.3 Å². The van der Waals surface area contributed by atoms with Crippen molar-refractivity contribution >= 4 is 21.7 Å². The summed E-state index contributed by atoms with van der Waals surface area (Å²) in [6, 6.07) is 7.56. The van der Waals surface area contributed by atoms with Crippen molar-refractivity contribution in [1.29, 1.82) is 0 Å². The summed E-state index contributed by atoms with van der Waals surface area (Å²) in [7, 11) is -3.67. The number of amides is 1. The third-order valence-electron chi connectivity index (χ3n) is 5.38. The first-order chi connectivity index (χ1) is 15.2. The number of ether oxygens (including phenoxy) is 1. The molecule has 2 N–H and O–H groups in total. The van der Waals surface area contributed by atoms with Crippen LogP contribution in [0.5, 0.6) is 0 Å². The SMILES string of the molecule is Cc1cc(C)c(S(=O)(=O)NCCC(=O)NCc2ccc(N3CCOC(C)C3)nc2)c(C)c1. The van der Waals surface area contributed by atoms with Crippen LogP contribution in [0.1, 0.15) is 35.6 Å². The number of morpholine rings is 1. The predicted octanol–water partition coefficient (Wildman–Crippen LogP) is 2.22. The Morgan fingerprint density at radius 2 is 1.94 bits per heavy atom. The van der Waals surface area contributed by atoms with Crippen molar-refractivity contribution in [3.05, 3.63) is 52.7 Å². The molecule has 9 heteroatoms. The highest BCUT2D eigenvalue weighted by atomic mass is 32.2. The Hall–Kier alpha value is -2.49. The van der Waals surface area contributed by atoms with E-state index in [1.807, 2.05) is 38.1 Å². The molecule has 32 heavy (non-hydrogen) atoms. The summed E-state index contributed by atoms with van der Waals surface area (Å²) in [5, 5.41) is 2.81. The van der Waals surface area contributed by atoms with E-state index in [9.17, 15) is 13.2 Å². The van der Waals surface area contributed by atoms with Gasteiger partial charge in [0.2, 0.25) is 15.9 Å². The zero-order valence-electron chi connectivity index (χ0n) is 19.1. The molecule has 1 aliphatic heterocycles. The molecular weight excluding hydrogens is 428 g/mol. The van der Waals surface area contributed by atoms with Crippen LogP contribution >= 0.6 is 0 Å². The predicted molar refractivity (Wildman–Crippen MR) is 124 cm³/mol. The van der Waals surface area contributed by atoms with Gasteiger partial charge in [-0.1, -0.05) is 23.8 Å². The number of aryl methyl sites for hydroxylation is 3. The minimum atomic E-state index is -3.67. The van der Waals surface area contributed by atoms with Gasteiger partial charge in [-0.25, -0.2) is 18.1 Å². The van der Waals surface area contributed by atoms with Gasteiger partial charge in [0.25, 0.3) is 0 Å². The van der Waals surface area contributed by atoms with Crippen molar-refractivity contribution in [3.63, 3.8) is 0 Å². The largest absolute Gasteiger partial charge is 0.375 e.